The van der Waals surface area contributed by atoms with Gasteiger partial charge in [-0.25, -0.2) is 4.98 Å². The van der Waals surface area contributed by atoms with Crippen LogP contribution >= 0.6 is 0 Å². The molecule has 0 bridgehead atoms. The maximum Gasteiger partial charge on any atom is 0.257 e. The van der Waals surface area contributed by atoms with Crippen LogP contribution in [0.4, 0.5) is 5.82 Å². The number of piperazine rings is 1. The van der Waals surface area contributed by atoms with Gasteiger partial charge in [-0.2, -0.15) is 0 Å². The summed E-state index contributed by atoms with van der Waals surface area (Å²) in [5.74, 6) is 2.88. The van der Waals surface area contributed by atoms with Gasteiger partial charge in [-0.15, -0.1) is 0 Å². The Morgan fingerprint density at radius 2 is 1.88 bits per heavy atom. The van der Waals surface area contributed by atoms with Gasteiger partial charge in [0.05, 0.1) is 12.1 Å². The molecule has 1 fully saturated rings. The molecule has 0 radical (unpaired) electrons. The minimum atomic E-state index is -0.00503. The number of anilines is 1. The molecule has 0 spiro atoms. The maximum absolute atomic E-state index is 12.4. The number of carbonyl (C=O) groups is 1. The molecular weight excluding hydrogens is 328 g/mol. The molecule has 0 N–H and O–H groups in total. The number of hydrogen-bond acceptors (Lipinski definition) is 5. The van der Waals surface area contributed by atoms with Gasteiger partial charge < -0.3 is 14.2 Å². The van der Waals surface area contributed by atoms with E-state index in [1.54, 1.807) is 25.2 Å². The van der Waals surface area contributed by atoms with Gasteiger partial charge in [-0.1, -0.05) is 6.92 Å². The number of aromatic nitrogens is 1. The molecular formula is C20H28N4O2. The Labute approximate surface area is 155 Å². The minimum Gasteiger partial charge on any atom is -0.465 e. The van der Waals surface area contributed by atoms with Gasteiger partial charge in [0.15, 0.2) is 0 Å². The molecule has 2 aromatic heterocycles. The minimum absolute atomic E-state index is 0.00503. The smallest absolute Gasteiger partial charge is 0.257 e. The summed E-state index contributed by atoms with van der Waals surface area (Å²) in [6.07, 6.45) is 3.85. The van der Waals surface area contributed by atoms with Gasteiger partial charge in [-0.05, 0) is 30.7 Å². The molecule has 0 saturated carbocycles. The Hall–Kier alpha value is -2.34. The van der Waals surface area contributed by atoms with Gasteiger partial charge in [0.25, 0.3) is 5.91 Å². The molecule has 2 aromatic rings. The topological polar surface area (TPSA) is 52.8 Å². The summed E-state index contributed by atoms with van der Waals surface area (Å²) in [6, 6.07) is 7.85. The van der Waals surface area contributed by atoms with Crippen molar-refractivity contribution in [2.45, 2.75) is 26.3 Å². The molecule has 0 aliphatic carbocycles. The number of rotatable bonds is 6. The van der Waals surface area contributed by atoms with E-state index in [4.69, 9.17) is 4.42 Å². The summed E-state index contributed by atoms with van der Waals surface area (Å²) in [7, 11) is 3.54. The van der Waals surface area contributed by atoms with Crippen LogP contribution in [-0.2, 0) is 13.0 Å². The van der Waals surface area contributed by atoms with Crippen LogP contribution in [0.15, 0.2) is 34.9 Å². The largest absolute Gasteiger partial charge is 0.465 e. The van der Waals surface area contributed by atoms with Crippen molar-refractivity contribution in [3.05, 3.63) is 47.5 Å². The first kappa shape index (κ1) is 18.5. The van der Waals surface area contributed by atoms with Crippen LogP contribution in [0, 0.1) is 0 Å². The molecule has 3 rings (SSSR count). The molecule has 6 nitrogen and oxygen atoms in total. The van der Waals surface area contributed by atoms with Crippen LogP contribution in [0.5, 0.6) is 0 Å². The molecule has 1 amide bonds. The fourth-order valence-corrected chi connectivity index (χ4v) is 3.28. The fourth-order valence-electron chi connectivity index (χ4n) is 3.28. The molecule has 1 aliphatic rings. The van der Waals surface area contributed by atoms with Gasteiger partial charge >= 0.3 is 0 Å². The van der Waals surface area contributed by atoms with Crippen LogP contribution in [0.25, 0.3) is 0 Å². The third-order valence-corrected chi connectivity index (χ3v) is 4.69. The fraction of sp³-hybridized carbons (Fsp3) is 0.500. The zero-order valence-electron chi connectivity index (χ0n) is 15.9. The SMILES string of the molecule is CCCc1ccc(CN2CCN(c3ncccc3C(=O)N(C)C)CC2)o1. The molecule has 6 heteroatoms. The standard InChI is InChI=1S/C20H28N4O2/c1-4-6-16-8-9-17(26-16)15-23-11-13-24(14-12-23)19-18(7-5-10-21-19)20(25)22(2)3/h5,7-10H,4,6,11-15H2,1-3H3. The molecule has 1 saturated heterocycles. The number of amides is 1. The molecule has 26 heavy (non-hydrogen) atoms. The average molecular weight is 356 g/mol. The highest BCUT2D eigenvalue weighted by atomic mass is 16.3. The van der Waals surface area contributed by atoms with Crippen molar-refractivity contribution in [2.24, 2.45) is 0 Å². The summed E-state index contributed by atoms with van der Waals surface area (Å²) in [6.45, 7) is 6.56. The number of pyridine rings is 1. The van der Waals surface area contributed by atoms with Crippen molar-refractivity contribution in [1.82, 2.24) is 14.8 Å². The Kier molecular flexibility index (Phi) is 5.93. The number of aryl methyl sites for hydroxylation is 1. The van der Waals surface area contributed by atoms with Crippen molar-refractivity contribution in [3.63, 3.8) is 0 Å². The average Bonchev–Trinajstić information content (AvgIpc) is 3.09. The third-order valence-electron chi connectivity index (χ3n) is 4.69. The first-order valence-corrected chi connectivity index (χ1v) is 9.30. The van der Waals surface area contributed by atoms with E-state index in [-0.39, 0.29) is 5.91 Å². The quantitative estimate of drug-likeness (QED) is 0.796. The van der Waals surface area contributed by atoms with Crippen LogP contribution in [0.1, 0.15) is 35.2 Å². The molecule has 1 aliphatic heterocycles. The van der Waals surface area contributed by atoms with Crippen molar-refractivity contribution >= 4 is 11.7 Å². The Bertz CT molecular complexity index is 733. The molecule has 140 valence electrons. The van der Waals surface area contributed by atoms with Gasteiger partial charge in [0.2, 0.25) is 0 Å². The van der Waals surface area contributed by atoms with Crippen molar-refractivity contribution in [3.8, 4) is 0 Å². The van der Waals surface area contributed by atoms with Crippen molar-refractivity contribution < 1.29 is 9.21 Å². The van der Waals surface area contributed by atoms with Crippen LogP contribution in [0.3, 0.4) is 0 Å². The Morgan fingerprint density at radius 1 is 1.15 bits per heavy atom. The number of nitrogens with zero attached hydrogens (tertiary/aromatic N) is 4. The second-order valence-corrected chi connectivity index (χ2v) is 6.96. The van der Waals surface area contributed by atoms with E-state index in [9.17, 15) is 4.79 Å². The summed E-state index contributed by atoms with van der Waals surface area (Å²) in [4.78, 5) is 23.1. The molecule has 0 unspecified atom stereocenters. The van der Waals surface area contributed by atoms with Crippen molar-refractivity contribution in [2.75, 3.05) is 45.2 Å². The zero-order valence-corrected chi connectivity index (χ0v) is 15.9. The summed E-state index contributed by atoms with van der Waals surface area (Å²) >= 11 is 0. The number of carbonyl (C=O) groups excluding carboxylic acids is 1. The van der Waals surface area contributed by atoms with Crippen molar-refractivity contribution in [1.29, 1.82) is 0 Å². The van der Waals surface area contributed by atoms with E-state index in [1.807, 2.05) is 12.1 Å². The first-order chi connectivity index (χ1) is 12.6. The summed E-state index contributed by atoms with van der Waals surface area (Å²) < 4.78 is 5.90. The lowest BCUT2D eigenvalue weighted by atomic mass is 10.2. The van der Waals surface area contributed by atoms with Gasteiger partial charge in [0.1, 0.15) is 17.3 Å². The highest BCUT2D eigenvalue weighted by Gasteiger charge is 2.23. The van der Waals surface area contributed by atoms with E-state index >= 15 is 0 Å². The Morgan fingerprint density at radius 3 is 2.58 bits per heavy atom. The Balaban J connectivity index is 1.61. The van der Waals surface area contributed by atoms with Crippen LogP contribution in [0.2, 0.25) is 0 Å². The summed E-state index contributed by atoms with van der Waals surface area (Å²) in [5, 5.41) is 0. The second-order valence-electron chi connectivity index (χ2n) is 6.96. The predicted molar refractivity (Wildman–Crippen MR) is 102 cm³/mol. The summed E-state index contributed by atoms with van der Waals surface area (Å²) in [5.41, 5.74) is 0.668. The predicted octanol–water partition coefficient (Wildman–Crippen LogP) is 2.65. The normalized spacial score (nSPS) is 15.3. The zero-order chi connectivity index (χ0) is 18.5. The van der Waals surface area contributed by atoms with E-state index in [1.165, 1.54) is 0 Å². The monoisotopic (exact) mass is 356 g/mol. The third kappa shape index (κ3) is 4.25. The lowest BCUT2D eigenvalue weighted by molar-refractivity contribution is 0.0827. The van der Waals surface area contributed by atoms with Crippen LogP contribution < -0.4 is 4.90 Å². The van der Waals surface area contributed by atoms with Gasteiger partial charge in [-0.3, -0.25) is 9.69 Å². The highest BCUT2D eigenvalue weighted by molar-refractivity contribution is 5.98. The van der Waals surface area contributed by atoms with Gasteiger partial charge in [0, 0.05) is 52.9 Å². The first-order valence-electron chi connectivity index (χ1n) is 9.30. The second kappa shape index (κ2) is 8.36. The number of furan rings is 1. The molecule has 3 heterocycles. The number of hydrogen-bond donors (Lipinski definition) is 0. The lowest BCUT2D eigenvalue weighted by Crippen LogP contribution is -2.46. The molecule has 0 atom stereocenters. The maximum atomic E-state index is 12.4. The van der Waals surface area contributed by atoms with E-state index in [0.717, 1.165) is 62.9 Å². The highest BCUT2D eigenvalue weighted by Crippen LogP contribution is 2.21. The van der Waals surface area contributed by atoms with E-state index in [0.29, 0.717) is 5.56 Å². The van der Waals surface area contributed by atoms with E-state index < -0.39 is 0 Å². The lowest BCUT2D eigenvalue weighted by Gasteiger charge is -2.35. The van der Waals surface area contributed by atoms with E-state index in [2.05, 4.69) is 33.8 Å². The molecule has 0 aromatic carbocycles. The van der Waals surface area contributed by atoms with Crippen LogP contribution in [-0.4, -0.2) is 61.0 Å².